The van der Waals surface area contributed by atoms with Gasteiger partial charge in [0.05, 0.1) is 12.0 Å². The first-order valence-electron chi connectivity index (χ1n) is 6.87. The fourth-order valence-corrected chi connectivity index (χ4v) is 2.62. The van der Waals surface area contributed by atoms with Crippen LogP contribution in [0.1, 0.15) is 17.8 Å². The molecule has 0 unspecified atom stereocenters. The van der Waals surface area contributed by atoms with Gasteiger partial charge in [0.25, 0.3) is 0 Å². The standard InChI is InChI=1S/C13H23N7S/c1-11-12(19-10-20(11)6-3-4-14)8-21-7-5-17-13(16-2)18-9-15/h10H,3-8,14H2,1-2H3,(H2,16,17,18). The fraction of sp³-hybridized carbons (Fsp3) is 0.615. The molecule has 0 aliphatic rings. The molecule has 0 atom stereocenters. The molecule has 1 aromatic rings. The number of aliphatic imine (C=N–C) groups is 1. The van der Waals surface area contributed by atoms with Gasteiger partial charge in [-0.3, -0.25) is 10.3 Å². The summed E-state index contributed by atoms with van der Waals surface area (Å²) < 4.78 is 2.15. The topological polar surface area (TPSA) is 104 Å². The third-order valence-electron chi connectivity index (χ3n) is 2.98. The first-order valence-corrected chi connectivity index (χ1v) is 8.02. The minimum atomic E-state index is 0.500. The van der Waals surface area contributed by atoms with Gasteiger partial charge in [-0.05, 0) is 19.9 Å². The molecule has 7 nitrogen and oxygen atoms in total. The molecule has 1 rings (SSSR count). The van der Waals surface area contributed by atoms with Crippen LogP contribution in [-0.4, -0.2) is 41.4 Å². The zero-order valence-corrected chi connectivity index (χ0v) is 13.4. The van der Waals surface area contributed by atoms with Crippen LogP contribution >= 0.6 is 11.8 Å². The molecule has 4 N–H and O–H groups in total. The zero-order chi connectivity index (χ0) is 15.5. The summed E-state index contributed by atoms with van der Waals surface area (Å²) in [5, 5.41) is 14.1. The zero-order valence-electron chi connectivity index (χ0n) is 12.6. The quantitative estimate of drug-likeness (QED) is 0.211. The summed E-state index contributed by atoms with van der Waals surface area (Å²) in [4.78, 5) is 8.37. The number of guanidine groups is 1. The molecule has 0 aromatic carbocycles. The van der Waals surface area contributed by atoms with E-state index >= 15 is 0 Å². The Balaban J connectivity index is 2.27. The third kappa shape index (κ3) is 6.06. The van der Waals surface area contributed by atoms with E-state index in [4.69, 9.17) is 11.0 Å². The van der Waals surface area contributed by atoms with E-state index in [0.29, 0.717) is 12.5 Å². The number of aryl methyl sites for hydroxylation is 1. The van der Waals surface area contributed by atoms with Crippen LogP contribution in [0.4, 0.5) is 0 Å². The first-order chi connectivity index (χ1) is 10.2. The van der Waals surface area contributed by atoms with Crippen molar-refractivity contribution in [3.63, 3.8) is 0 Å². The number of aromatic nitrogens is 2. The highest BCUT2D eigenvalue weighted by atomic mass is 32.2. The van der Waals surface area contributed by atoms with Crippen molar-refractivity contribution in [2.75, 3.05) is 25.9 Å². The Morgan fingerprint density at radius 2 is 2.43 bits per heavy atom. The number of nitriles is 1. The van der Waals surface area contributed by atoms with Crippen molar-refractivity contribution >= 4 is 17.7 Å². The van der Waals surface area contributed by atoms with E-state index in [-0.39, 0.29) is 0 Å². The van der Waals surface area contributed by atoms with Crippen LogP contribution in [0, 0.1) is 18.4 Å². The highest BCUT2D eigenvalue weighted by molar-refractivity contribution is 7.98. The van der Waals surface area contributed by atoms with Gasteiger partial charge in [0.2, 0.25) is 5.96 Å². The van der Waals surface area contributed by atoms with E-state index in [9.17, 15) is 0 Å². The number of thioether (sulfide) groups is 1. The Kier molecular flexibility index (Phi) is 8.31. The van der Waals surface area contributed by atoms with Crippen molar-refractivity contribution < 1.29 is 0 Å². The van der Waals surface area contributed by atoms with E-state index < -0.39 is 0 Å². The number of rotatable bonds is 8. The third-order valence-corrected chi connectivity index (χ3v) is 3.95. The number of hydrogen-bond acceptors (Lipinski definition) is 5. The average molecular weight is 309 g/mol. The average Bonchev–Trinajstić information content (AvgIpc) is 2.84. The van der Waals surface area contributed by atoms with Crippen LogP contribution in [0.3, 0.4) is 0 Å². The van der Waals surface area contributed by atoms with Crippen molar-refractivity contribution in [3.05, 3.63) is 17.7 Å². The summed E-state index contributed by atoms with van der Waals surface area (Å²) in [6.45, 7) is 4.47. The smallest absolute Gasteiger partial charge is 0.204 e. The van der Waals surface area contributed by atoms with Crippen LogP contribution in [0.2, 0.25) is 0 Å². The summed E-state index contributed by atoms with van der Waals surface area (Å²) >= 11 is 1.80. The molecule has 1 heterocycles. The van der Waals surface area contributed by atoms with Gasteiger partial charge in [-0.2, -0.15) is 17.0 Å². The van der Waals surface area contributed by atoms with E-state index in [1.807, 2.05) is 12.5 Å². The predicted molar refractivity (Wildman–Crippen MR) is 86.9 cm³/mol. The Morgan fingerprint density at radius 1 is 1.62 bits per heavy atom. The molecule has 116 valence electrons. The fourth-order valence-electron chi connectivity index (χ4n) is 1.76. The van der Waals surface area contributed by atoms with Crippen LogP contribution in [-0.2, 0) is 12.3 Å². The second-order valence-electron chi connectivity index (χ2n) is 4.40. The van der Waals surface area contributed by atoms with Gasteiger partial charge in [0.15, 0.2) is 6.19 Å². The van der Waals surface area contributed by atoms with Crippen LogP contribution in [0.15, 0.2) is 11.3 Å². The highest BCUT2D eigenvalue weighted by Crippen LogP contribution is 2.14. The molecule has 0 saturated carbocycles. The lowest BCUT2D eigenvalue weighted by Gasteiger charge is -2.07. The highest BCUT2D eigenvalue weighted by Gasteiger charge is 2.06. The Bertz CT molecular complexity index is 489. The molecule has 0 spiro atoms. The first kappa shape index (κ1) is 17.3. The number of nitrogens with two attached hydrogens (primary N) is 1. The van der Waals surface area contributed by atoms with Gasteiger partial charge in [0, 0.05) is 37.3 Å². The van der Waals surface area contributed by atoms with E-state index in [1.54, 1.807) is 18.8 Å². The monoisotopic (exact) mass is 309 g/mol. The molecule has 0 saturated heterocycles. The molecule has 8 heteroatoms. The molecule has 0 fully saturated rings. The molecule has 0 aliphatic heterocycles. The van der Waals surface area contributed by atoms with E-state index in [1.165, 1.54) is 5.69 Å². The lowest BCUT2D eigenvalue weighted by Crippen LogP contribution is -2.35. The molecule has 0 aliphatic carbocycles. The van der Waals surface area contributed by atoms with Crippen LogP contribution in [0.25, 0.3) is 0 Å². The molecule has 1 aromatic heterocycles. The van der Waals surface area contributed by atoms with Crippen molar-refractivity contribution in [2.45, 2.75) is 25.6 Å². The maximum atomic E-state index is 8.51. The Labute approximate surface area is 130 Å². The van der Waals surface area contributed by atoms with Gasteiger partial charge in [-0.15, -0.1) is 0 Å². The maximum absolute atomic E-state index is 8.51. The second-order valence-corrected chi connectivity index (χ2v) is 5.51. The largest absolute Gasteiger partial charge is 0.355 e. The normalized spacial score (nSPS) is 11.2. The number of imidazole rings is 1. The lowest BCUT2D eigenvalue weighted by atomic mass is 10.3. The van der Waals surface area contributed by atoms with Gasteiger partial charge >= 0.3 is 0 Å². The minimum absolute atomic E-state index is 0.500. The predicted octanol–water partition coefficient (Wildman–Crippen LogP) is 0.420. The second kappa shape index (κ2) is 10.1. The van der Waals surface area contributed by atoms with Gasteiger partial charge in [-0.25, -0.2) is 4.98 Å². The Hall–Kier alpha value is -1.72. The summed E-state index contributed by atoms with van der Waals surface area (Å²) in [5.74, 6) is 2.30. The molecular weight excluding hydrogens is 286 g/mol. The summed E-state index contributed by atoms with van der Waals surface area (Å²) in [6, 6.07) is 0. The SMILES string of the molecule is CN=C(NC#N)NCCSCc1ncn(CCCN)c1C. The van der Waals surface area contributed by atoms with Crippen LogP contribution in [0.5, 0.6) is 0 Å². The number of nitrogens with one attached hydrogen (secondary N) is 2. The molecule has 0 bridgehead atoms. The van der Waals surface area contributed by atoms with Crippen molar-refractivity contribution in [1.82, 2.24) is 20.2 Å². The molecule has 21 heavy (non-hydrogen) atoms. The van der Waals surface area contributed by atoms with Crippen LogP contribution < -0.4 is 16.4 Å². The minimum Gasteiger partial charge on any atom is -0.355 e. The molecule has 0 radical (unpaired) electrons. The van der Waals surface area contributed by atoms with Gasteiger partial charge < -0.3 is 15.6 Å². The van der Waals surface area contributed by atoms with Crippen molar-refractivity contribution in [3.8, 4) is 6.19 Å². The van der Waals surface area contributed by atoms with Crippen molar-refractivity contribution in [2.24, 2.45) is 10.7 Å². The Morgan fingerprint density at radius 3 is 3.10 bits per heavy atom. The molecule has 0 amide bonds. The lowest BCUT2D eigenvalue weighted by molar-refractivity contribution is 0.635. The van der Waals surface area contributed by atoms with Gasteiger partial charge in [-0.1, -0.05) is 0 Å². The maximum Gasteiger partial charge on any atom is 0.204 e. The number of nitrogens with zero attached hydrogens (tertiary/aromatic N) is 4. The molecular formula is C13H23N7S. The number of hydrogen-bond donors (Lipinski definition) is 3. The van der Waals surface area contributed by atoms with Gasteiger partial charge in [0.1, 0.15) is 0 Å². The van der Waals surface area contributed by atoms with E-state index in [0.717, 1.165) is 36.7 Å². The van der Waals surface area contributed by atoms with Crippen molar-refractivity contribution in [1.29, 1.82) is 5.26 Å². The summed E-state index contributed by atoms with van der Waals surface area (Å²) in [5.41, 5.74) is 7.86. The summed E-state index contributed by atoms with van der Waals surface area (Å²) in [6.07, 6.45) is 4.70. The van der Waals surface area contributed by atoms with E-state index in [2.05, 4.69) is 32.1 Å². The summed E-state index contributed by atoms with van der Waals surface area (Å²) in [7, 11) is 1.64.